The number of amides is 1. The first kappa shape index (κ1) is 19.1. The monoisotopic (exact) mass is 364 g/mol. The second-order valence-corrected chi connectivity index (χ2v) is 7.83. The zero-order chi connectivity index (χ0) is 18.4. The molecule has 1 N–H and O–H groups in total. The topological polar surface area (TPSA) is 66.5 Å². The fraction of sp³-hybridized carbons (Fsp3) is 0.278. The molecule has 0 bridgehead atoms. The van der Waals surface area contributed by atoms with E-state index < -0.39 is 15.8 Å². The van der Waals surface area contributed by atoms with Crippen molar-refractivity contribution in [2.45, 2.75) is 13.5 Å². The van der Waals surface area contributed by atoms with Crippen LogP contribution in [0.25, 0.3) is 0 Å². The highest BCUT2D eigenvalue weighted by Crippen LogP contribution is 2.09. The summed E-state index contributed by atoms with van der Waals surface area (Å²) in [5.41, 5.74) is 2.30. The SMILES string of the molecule is Cc1ccc(CN(CCNC(=O)c2ccc(F)cc2)S(C)(=O)=O)cc1. The third-order valence-electron chi connectivity index (χ3n) is 3.70. The fourth-order valence-corrected chi connectivity index (χ4v) is 3.06. The summed E-state index contributed by atoms with van der Waals surface area (Å²) in [6, 6.07) is 12.8. The third kappa shape index (κ3) is 5.95. The van der Waals surface area contributed by atoms with Crippen molar-refractivity contribution in [2.24, 2.45) is 0 Å². The highest BCUT2D eigenvalue weighted by molar-refractivity contribution is 7.88. The van der Waals surface area contributed by atoms with E-state index in [1.54, 1.807) is 0 Å². The van der Waals surface area contributed by atoms with Crippen LogP contribution in [0.4, 0.5) is 4.39 Å². The van der Waals surface area contributed by atoms with Crippen LogP contribution < -0.4 is 5.32 Å². The quantitative estimate of drug-likeness (QED) is 0.820. The number of hydrogen-bond acceptors (Lipinski definition) is 3. The number of nitrogens with zero attached hydrogens (tertiary/aromatic N) is 1. The normalized spacial score (nSPS) is 11.5. The number of sulfonamides is 1. The predicted octanol–water partition coefficient (Wildman–Crippen LogP) is 2.33. The lowest BCUT2D eigenvalue weighted by molar-refractivity contribution is 0.0951. The molecule has 0 aliphatic heterocycles. The summed E-state index contributed by atoms with van der Waals surface area (Å²) < 4.78 is 38.1. The van der Waals surface area contributed by atoms with Gasteiger partial charge in [0.2, 0.25) is 10.0 Å². The van der Waals surface area contributed by atoms with Gasteiger partial charge in [0, 0.05) is 25.2 Å². The first-order valence-electron chi connectivity index (χ1n) is 7.80. The van der Waals surface area contributed by atoms with Gasteiger partial charge < -0.3 is 5.32 Å². The highest BCUT2D eigenvalue weighted by Gasteiger charge is 2.17. The molecule has 0 aliphatic carbocycles. The highest BCUT2D eigenvalue weighted by atomic mass is 32.2. The molecule has 5 nitrogen and oxygen atoms in total. The molecule has 0 atom stereocenters. The predicted molar refractivity (Wildman–Crippen MR) is 95.2 cm³/mol. The van der Waals surface area contributed by atoms with Crippen LogP contribution in [-0.2, 0) is 16.6 Å². The number of carbonyl (C=O) groups is 1. The molecule has 0 radical (unpaired) electrons. The number of rotatable bonds is 7. The molecule has 0 saturated carbocycles. The molecular formula is C18H21FN2O3S. The van der Waals surface area contributed by atoms with E-state index in [1.165, 1.54) is 28.6 Å². The molecule has 2 aromatic carbocycles. The van der Waals surface area contributed by atoms with Crippen molar-refractivity contribution in [1.82, 2.24) is 9.62 Å². The fourth-order valence-electron chi connectivity index (χ4n) is 2.26. The Morgan fingerprint density at radius 1 is 1.08 bits per heavy atom. The summed E-state index contributed by atoms with van der Waals surface area (Å²) in [4.78, 5) is 12.0. The zero-order valence-electron chi connectivity index (χ0n) is 14.2. The number of nitrogens with one attached hydrogen (secondary N) is 1. The summed E-state index contributed by atoms with van der Waals surface area (Å²) in [7, 11) is -3.41. The Balaban J connectivity index is 1.95. The average molecular weight is 364 g/mol. The molecule has 2 aromatic rings. The minimum absolute atomic E-state index is 0.152. The molecule has 0 aromatic heterocycles. The summed E-state index contributed by atoms with van der Waals surface area (Å²) in [6.07, 6.45) is 1.14. The lowest BCUT2D eigenvalue weighted by atomic mass is 10.1. The van der Waals surface area contributed by atoms with Crippen LogP contribution >= 0.6 is 0 Å². The number of aryl methyl sites for hydroxylation is 1. The van der Waals surface area contributed by atoms with Crippen molar-refractivity contribution < 1.29 is 17.6 Å². The van der Waals surface area contributed by atoms with Crippen molar-refractivity contribution in [3.8, 4) is 0 Å². The van der Waals surface area contributed by atoms with Gasteiger partial charge in [0.05, 0.1) is 6.26 Å². The van der Waals surface area contributed by atoms with Crippen molar-refractivity contribution in [1.29, 1.82) is 0 Å². The van der Waals surface area contributed by atoms with Gasteiger partial charge in [0.1, 0.15) is 5.82 Å². The Kier molecular flexibility index (Phi) is 6.27. The van der Waals surface area contributed by atoms with Crippen LogP contribution in [0.15, 0.2) is 48.5 Å². The lowest BCUT2D eigenvalue weighted by Crippen LogP contribution is -2.37. The molecule has 25 heavy (non-hydrogen) atoms. The second kappa shape index (κ2) is 8.22. The summed E-state index contributed by atoms with van der Waals surface area (Å²) in [5, 5.41) is 2.65. The molecule has 0 spiro atoms. The van der Waals surface area contributed by atoms with Gasteiger partial charge in [-0.15, -0.1) is 0 Å². The third-order valence-corrected chi connectivity index (χ3v) is 4.95. The second-order valence-electron chi connectivity index (χ2n) is 5.84. The van der Waals surface area contributed by atoms with Crippen LogP contribution in [0, 0.1) is 12.7 Å². The Hall–Kier alpha value is -2.25. The molecule has 134 valence electrons. The molecule has 0 fully saturated rings. The number of benzene rings is 2. The standard InChI is InChI=1S/C18H21FN2O3S/c1-14-3-5-15(6-4-14)13-21(25(2,23)24)12-11-20-18(22)16-7-9-17(19)10-8-16/h3-10H,11-13H2,1-2H3,(H,20,22). The van der Waals surface area contributed by atoms with Gasteiger partial charge in [0.15, 0.2) is 0 Å². The smallest absolute Gasteiger partial charge is 0.251 e. The number of hydrogen-bond donors (Lipinski definition) is 1. The minimum Gasteiger partial charge on any atom is -0.351 e. The van der Waals surface area contributed by atoms with Gasteiger partial charge in [-0.25, -0.2) is 12.8 Å². The summed E-state index contributed by atoms with van der Waals surface area (Å²) >= 11 is 0. The van der Waals surface area contributed by atoms with Crippen molar-refractivity contribution in [3.63, 3.8) is 0 Å². The Labute approximate surface area is 147 Å². The maximum atomic E-state index is 12.9. The van der Waals surface area contributed by atoms with E-state index in [-0.39, 0.29) is 25.5 Å². The Bertz CT molecular complexity index is 818. The lowest BCUT2D eigenvalue weighted by Gasteiger charge is -2.20. The van der Waals surface area contributed by atoms with E-state index >= 15 is 0 Å². The molecule has 0 saturated heterocycles. The van der Waals surface area contributed by atoms with E-state index in [9.17, 15) is 17.6 Å². The molecule has 7 heteroatoms. The maximum Gasteiger partial charge on any atom is 0.251 e. The molecule has 0 unspecified atom stereocenters. The van der Waals surface area contributed by atoms with Gasteiger partial charge >= 0.3 is 0 Å². The molecular weight excluding hydrogens is 343 g/mol. The van der Waals surface area contributed by atoms with E-state index in [0.29, 0.717) is 5.56 Å². The van der Waals surface area contributed by atoms with E-state index in [1.807, 2.05) is 31.2 Å². The van der Waals surface area contributed by atoms with Crippen LogP contribution in [0.2, 0.25) is 0 Å². The van der Waals surface area contributed by atoms with E-state index in [2.05, 4.69) is 5.32 Å². The average Bonchev–Trinajstić information content (AvgIpc) is 2.55. The molecule has 0 heterocycles. The van der Waals surface area contributed by atoms with Crippen molar-refractivity contribution in [3.05, 3.63) is 71.0 Å². The Morgan fingerprint density at radius 2 is 1.68 bits per heavy atom. The van der Waals surface area contributed by atoms with Gasteiger partial charge in [-0.1, -0.05) is 29.8 Å². The van der Waals surface area contributed by atoms with Gasteiger partial charge in [-0.2, -0.15) is 4.31 Å². The van der Waals surface area contributed by atoms with Crippen LogP contribution in [0.3, 0.4) is 0 Å². The van der Waals surface area contributed by atoms with E-state index in [4.69, 9.17) is 0 Å². The molecule has 1 amide bonds. The van der Waals surface area contributed by atoms with Crippen LogP contribution in [0.1, 0.15) is 21.5 Å². The maximum absolute atomic E-state index is 12.9. The first-order valence-corrected chi connectivity index (χ1v) is 9.65. The van der Waals surface area contributed by atoms with Crippen LogP contribution in [-0.4, -0.2) is 38.0 Å². The Morgan fingerprint density at radius 3 is 2.24 bits per heavy atom. The van der Waals surface area contributed by atoms with Crippen molar-refractivity contribution in [2.75, 3.05) is 19.3 Å². The summed E-state index contributed by atoms with van der Waals surface area (Å²) in [5.74, 6) is -0.790. The first-order chi connectivity index (χ1) is 11.8. The molecule has 2 rings (SSSR count). The molecule has 0 aliphatic rings. The minimum atomic E-state index is -3.41. The van der Waals surface area contributed by atoms with Crippen molar-refractivity contribution >= 4 is 15.9 Å². The van der Waals surface area contributed by atoms with Crippen LogP contribution in [0.5, 0.6) is 0 Å². The number of halogens is 1. The van der Waals surface area contributed by atoms with Gasteiger partial charge in [-0.3, -0.25) is 4.79 Å². The zero-order valence-corrected chi connectivity index (χ0v) is 15.0. The number of carbonyl (C=O) groups excluding carboxylic acids is 1. The van der Waals surface area contributed by atoms with Gasteiger partial charge in [0.25, 0.3) is 5.91 Å². The van der Waals surface area contributed by atoms with E-state index in [0.717, 1.165) is 17.4 Å². The largest absolute Gasteiger partial charge is 0.351 e. The summed E-state index contributed by atoms with van der Waals surface area (Å²) in [6.45, 7) is 2.52. The van der Waals surface area contributed by atoms with Gasteiger partial charge in [-0.05, 0) is 36.8 Å².